The van der Waals surface area contributed by atoms with Crippen molar-refractivity contribution in [2.24, 2.45) is 17.8 Å². The summed E-state index contributed by atoms with van der Waals surface area (Å²) in [5.41, 5.74) is 0.338. The van der Waals surface area contributed by atoms with Crippen molar-refractivity contribution in [3.63, 3.8) is 0 Å². The molecule has 2 aliphatic rings. The van der Waals surface area contributed by atoms with E-state index < -0.39 is 0 Å². The van der Waals surface area contributed by atoms with Gasteiger partial charge in [0.15, 0.2) is 0 Å². The zero-order chi connectivity index (χ0) is 14.4. The summed E-state index contributed by atoms with van der Waals surface area (Å²) in [4.78, 5) is 0. The van der Waals surface area contributed by atoms with Crippen LogP contribution < -0.4 is 0 Å². The zero-order valence-electron chi connectivity index (χ0n) is 12.8. The molecule has 0 aromatic heterocycles. The summed E-state index contributed by atoms with van der Waals surface area (Å²) in [6.45, 7) is 8.39. The zero-order valence-corrected chi connectivity index (χ0v) is 14.4. The van der Waals surface area contributed by atoms with Crippen molar-refractivity contribution in [3.05, 3.63) is 6.92 Å². The Morgan fingerprint density at radius 2 is 1.90 bits per heavy atom. The van der Waals surface area contributed by atoms with E-state index in [1.807, 2.05) is 21.6 Å². The number of fused-ring (bicyclic) bond motifs is 1. The predicted molar refractivity (Wildman–Crippen MR) is 91.4 cm³/mol. The monoisotopic (exact) mass is 311 g/mol. The molecule has 20 heavy (non-hydrogen) atoms. The smallest absolute Gasteiger partial charge is 0.113 e. The quantitative estimate of drug-likeness (QED) is 0.265. The highest BCUT2D eigenvalue weighted by molar-refractivity contribution is 8.76. The van der Waals surface area contributed by atoms with Crippen LogP contribution in [0.5, 0.6) is 0 Å². The fourth-order valence-electron chi connectivity index (χ4n) is 3.34. The molecule has 4 unspecified atom stereocenters. The van der Waals surface area contributed by atoms with Crippen molar-refractivity contribution in [1.29, 1.82) is 0 Å². The Hall–Kier alpha value is 0.220. The lowest BCUT2D eigenvalue weighted by Gasteiger charge is -2.21. The van der Waals surface area contributed by atoms with Crippen LogP contribution in [-0.4, -0.2) is 17.3 Å². The van der Waals surface area contributed by atoms with E-state index in [4.69, 9.17) is 4.74 Å². The van der Waals surface area contributed by atoms with Gasteiger partial charge in [0.1, 0.15) is 5.44 Å². The van der Waals surface area contributed by atoms with Crippen LogP contribution in [-0.2, 0) is 4.74 Å². The van der Waals surface area contributed by atoms with Gasteiger partial charge in [-0.2, -0.15) is 0 Å². The van der Waals surface area contributed by atoms with Gasteiger partial charge in [-0.25, -0.2) is 0 Å². The SMILES string of the molecule is [CH2]CCSSC(CC)OC(C)C1C2CCC#CCCC21. The molecular weight excluding hydrogens is 284 g/mol. The van der Waals surface area contributed by atoms with E-state index in [1.54, 1.807) is 0 Å². The van der Waals surface area contributed by atoms with Crippen molar-refractivity contribution < 1.29 is 4.74 Å². The Balaban J connectivity index is 1.75. The Labute approximate surface area is 132 Å². The van der Waals surface area contributed by atoms with E-state index in [1.165, 1.54) is 12.8 Å². The van der Waals surface area contributed by atoms with Gasteiger partial charge in [0, 0.05) is 18.6 Å². The second kappa shape index (κ2) is 8.61. The molecule has 1 radical (unpaired) electrons. The lowest BCUT2D eigenvalue weighted by molar-refractivity contribution is 0.0263. The van der Waals surface area contributed by atoms with Gasteiger partial charge in [-0.15, -0.1) is 11.8 Å². The van der Waals surface area contributed by atoms with Crippen LogP contribution >= 0.6 is 21.6 Å². The summed E-state index contributed by atoms with van der Waals surface area (Å²) in [5, 5.41) is 0. The number of hydrogen-bond donors (Lipinski definition) is 0. The van der Waals surface area contributed by atoms with E-state index in [-0.39, 0.29) is 0 Å². The Kier molecular flexibility index (Phi) is 7.14. The van der Waals surface area contributed by atoms with Gasteiger partial charge in [0.05, 0.1) is 6.10 Å². The van der Waals surface area contributed by atoms with Crippen molar-refractivity contribution in [2.45, 2.75) is 63.9 Å². The molecule has 0 amide bonds. The first-order valence-electron chi connectivity index (χ1n) is 7.96. The van der Waals surface area contributed by atoms with Gasteiger partial charge in [-0.3, -0.25) is 0 Å². The summed E-state index contributed by atoms with van der Waals surface area (Å²) < 4.78 is 6.32. The second-order valence-electron chi connectivity index (χ2n) is 5.79. The van der Waals surface area contributed by atoms with Crippen molar-refractivity contribution in [1.82, 2.24) is 0 Å². The summed E-state index contributed by atoms with van der Waals surface area (Å²) in [6, 6.07) is 0. The highest BCUT2D eigenvalue weighted by atomic mass is 33.1. The third kappa shape index (κ3) is 4.61. The van der Waals surface area contributed by atoms with E-state index in [2.05, 4.69) is 32.6 Å². The largest absolute Gasteiger partial charge is 0.364 e. The fourth-order valence-corrected chi connectivity index (χ4v) is 5.70. The molecule has 3 heteroatoms. The molecule has 0 aromatic carbocycles. The van der Waals surface area contributed by atoms with Crippen LogP contribution in [0.1, 0.15) is 52.4 Å². The van der Waals surface area contributed by atoms with Crippen LogP contribution in [0.15, 0.2) is 0 Å². The number of hydrogen-bond acceptors (Lipinski definition) is 3. The molecule has 0 saturated heterocycles. The molecule has 113 valence electrons. The molecular formula is C17H27OS2. The second-order valence-corrected chi connectivity index (χ2v) is 8.43. The lowest BCUT2D eigenvalue weighted by Crippen LogP contribution is -2.19. The molecule has 2 aliphatic carbocycles. The van der Waals surface area contributed by atoms with Gasteiger partial charge >= 0.3 is 0 Å². The Morgan fingerprint density at radius 1 is 1.25 bits per heavy atom. The standard InChI is InChI=1S/C17H27OS2/c1-4-12-19-20-16(5-2)18-13(3)17-14-10-8-6-7-9-11-15(14)17/h13-17H,1,4-5,8-12H2,2-3H3. The first-order chi connectivity index (χ1) is 9.77. The van der Waals surface area contributed by atoms with Crippen LogP contribution in [0, 0.1) is 36.5 Å². The summed E-state index contributed by atoms with van der Waals surface area (Å²) in [5.74, 6) is 10.2. The minimum atomic E-state index is 0.338. The highest BCUT2D eigenvalue weighted by Gasteiger charge is 2.52. The van der Waals surface area contributed by atoms with E-state index in [0.717, 1.165) is 49.2 Å². The molecule has 0 heterocycles. The van der Waals surface area contributed by atoms with Gasteiger partial charge in [0.2, 0.25) is 0 Å². The molecule has 0 N–H and O–H groups in total. The minimum absolute atomic E-state index is 0.338. The first-order valence-corrected chi connectivity index (χ1v) is 10.3. The normalized spacial score (nSPS) is 31.2. The van der Waals surface area contributed by atoms with E-state index in [0.29, 0.717) is 11.5 Å². The predicted octanol–water partition coefficient (Wildman–Crippen LogP) is 5.17. The van der Waals surface area contributed by atoms with E-state index in [9.17, 15) is 0 Å². The Bertz CT molecular complexity index is 329. The van der Waals surface area contributed by atoms with Crippen LogP contribution in [0.2, 0.25) is 0 Å². The van der Waals surface area contributed by atoms with Crippen molar-refractivity contribution in [2.75, 3.05) is 5.75 Å². The molecule has 0 spiro atoms. The number of ether oxygens (including phenoxy) is 1. The maximum Gasteiger partial charge on any atom is 0.113 e. The molecule has 2 rings (SSSR count). The summed E-state index contributed by atoms with van der Waals surface area (Å²) in [7, 11) is 3.79. The van der Waals surface area contributed by atoms with E-state index >= 15 is 0 Å². The van der Waals surface area contributed by atoms with Gasteiger partial charge in [-0.1, -0.05) is 35.4 Å². The third-order valence-corrected chi connectivity index (χ3v) is 7.18. The minimum Gasteiger partial charge on any atom is -0.364 e. The van der Waals surface area contributed by atoms with Crippen LogP contribution in [0.3, 0.4) is 0 Å². The van der Waals surface area contributed by atoms with Gasteiger partial charge < -0.3 is 4.74 Å². The number of rotatable bonds is 8. The third-order valence-electron chi connectivity index (χ3n) is 4.37. The molecule has 4 atom stereocenters. The van der Waals surface area contributed by atoms with Crippen molar-refractivity contribution in [3.8, 4) is 11.8 Å². The maximum atomic E-state index is 6.32. The topological polar surface area (TPSA) is 9.23 Å². The average molecular weight is 312 g/mol. The molecule has 1 nitrogen and oxygen atoms in total. The molecule has 0 aliphatic heterocycles. The van der Waals surface area contributed by atoms with Crippen molar-refractivity contribution >= 4 is 21.6 Å². The fraction of sp³-hybridized carbons (Fsp3) is 0.824. The molecule has 1 saturated carbocycles. The van der Waals surface area contributed by atoms with Gasteiger partial charge in [-0.05, 0) is 50.4 Å². The Morgan fingerprint density at radius 3 is 2.45 bits per heavy atom. The first kappa shape index (κ1) is 16.6. The lowest BCUT2D eigenvalue weighted by atomic mass is 10.1. The molecule has 1 fully saturated rings. The maximum absolute atomic E-state index is 6.32. The summed E-state index contributed by atoms with van der Waals surface area (Å²) >= 11 is 0. The summed E-state index contributed by atoms with van der Waals surface area (Å²) in [6.07, 6.45) is 7.25. The molecule has 0 bridgehead atoms. The average Bonchev–Trinajstić information content (AvgIpc) is 3.09. The van der Waals surface area contributed by atoms with Gasteiger partial charge in [0.25, 0.3) is 0 Å². The van der Waals surface area contributed by atoms with Crippen LogP contribution in [0.4, 0.5) is 0 Å². The highest BCUT2D eigenvalue weighted by Crippen LogP contribution is 2.55. The molecule has 0 aromatic rings. The van der Waals surface area contributed by atoms with Crippen LogP contribution in [0.25, 0.3) is 0 Å².